The molecule has 2 amide bonds. The summed E-state index contributed by atoms with van der Waals surface area (Å²) in [5, 5.41) is 2.74. The lowest BCUT2D eigenvalue weighted by atomic mass is 10.1. The smallest absolute Gasteiger partial charge is 0.270 e. The summed E-state index contributed by atoms with van der Waals surface area (Å²) >= 11 is 5.88. The molecule has 2 rings (SSSR count). The Kier molecular flexibility index (Phi) is 5.98. The molecule has 0 aliphatic rings. The van der Waals surface area contributed by atoms with E-state index in [-0.39, 0.29) is 28.6 Å². The zero-order valence-electron chi connectivity index (χ0n) is 14.2. The standard InChI is InChI=1S/C18H20ClN3O3/c1-10(2)25-13-6-4-5-12(9-13)11(3)21-18(24)15-8-7-14(17(20)23)16(19)22-15/h4-11H,1-3H3,(H2,20,23)(H,21,24)/t11-/m1/s1. The summed E-state index contributed by atoms with van der Waals surface area (Å²) in [6.07, 6.45) is 0.0651. The van der Waals surface area contributed by atoms with E-state index >= 15 is 0 Å². The summed E-state index contributed by atoms with van der Waals surface area (Å²) in [5.74, 6) is -0.360. The number of nitrogens with two attached hydrogens (primary N) is 1. The van der Waals surface area contributed by atoms with Crippen molar-refractivity contribution in [2.45, 2.75) is 32.9 Å². The van der Waals surface area contributed by atoms with Crippen molar-refractivity contribution >= 4 is 23.4 Å². The quantitative estimate of drug-likeness (QED) is 0.773. The molecule has 1 aromatic carbocycles. The van der Waals surface area contributed by atoms with Gasteiger partial charge in [0.1, 0.15) is 16.6 Å². The van der Waals surface area contributed by atoms with Crippen LogP contribution in [-0.2, 0) is 0 Å². The summed E-state index contributed by atoms with van der Waals surface area (Å²) in [6, 6.07) is 10.0. The predicted molar refractivity (Wildman–Crippen MR) is 95.9 cm³/mol. The number of ether oxygens (including phenoxy) is 1. The van der Waals surface area contributed by atoms with E-state index < -0.39 is 11.8 Å². The third kappa shape index (κ3) is 4.93. The van der Waals surface area contributed by atoms with Crippen LogP contribution < -0.4 is 15.8 Å². The second-order valence-corrected chi connectivity index (χ2v) is 6.19. The number of carbonyl (C=O) groups is 2. The maximum Gasteiger partial charge on any atom is 0.270 e. The fourth-order valence-corrected chi connectivity index (χ4v) is 2.47. The molecule has 6 nitrogen and oxygen atoms in total. The van der Waals surface area contributed by atoms with Gasteiger partial charge in [-0.1, -0.05) is 23.7 Å². The lowest BCUT2D eigenvalue weighted by molar-refractivity contribution is 0.0932. The molecule has 2 aromatic rings. The first-order chi connectivity index (χ1) is 11.8. The first-order valence-corrected chi connectivity index (χ1v) is 8.19. The zero-order chi connectivity index (χ0) is 18.6. The number of hydrogen-bond acceptors (Lipinski definition) is 4. The van der Waals surface area contributed by atoms with Gasteiger partial charge in [-0.2, -0.15) is 0 Å². The molecule has 0 fully saturated rings. The number of nitrogens with zero attached hydrogens (tertiary/aromatic N) is 1. The lowest BCUT2D eigenvalue weighted by Gasteiger charge is -2.16. The van der Waals surface area contributed by atoms with Crippen LogP contribution in [0, 0.1) is 0 Å². The average Bonchev–Trinajstić information content (AvgIpc) is 2.53. The zero-order valence-corrected chi connectivity index (χ0v) is 15.0. The molecule has 0 unspecified atom stereocenters. The van der Waals surface area contributed by atoms with E-state index in [1.807, 2.05) is 45.0 Å². The van der Waals surface area contributed by atoms with Crippen LogP contribution in [0.15, 0.2) is 36.4 Å². The van der Waals surface area contributed by atoms with Crippen molar-refractivity contribution in [3.8, 4) is 5.75 Å². The highest BCUT2D eigenvalue weighted by molar-refractivity contribution is 6.32. The van der Waals surface area contributed by atoms with Crippen molar-refractivity contribution < 1.29 is 14.3 Å². The first-order valence-electron chi connectivity index (χ1n) is 7.81. The number of carbonyl (C=O) groups excluding carboxylic acids is 2. The van der Waals surface area contributed by atoms with Gasteiger partial charge in [-0.3, -0.25) is 9.59 Å². The molecule has 0 saturated carbocycles. The van der Waals surface area contributed by atoms with Gasteiger partial charge in [-0.05, 0) is 50.6 Å². The van der Waals surface area contributed by atoms with Crippen LogP contribution >= 0.6 is 11.6 Å². The van der Waals surface area contributed by atoms with E-state index in [1.165, 1.54) is 12.1 Å². The minimum atomic E-state index is -0.695. The fourth-order valence-electron chi connectivity index (χ4n) is 2.23. The maximum atomic E-state index is 12.3. The van der Waals surface area contributed by atoms with Crippen LogP contribution in [0.4, 0.5) is 0 Å². The third-order valence-corrected chi connectivity index (χ3v) is 3.71. The number of hydrogen-bond donors (Lipinski definition) is 2. The Balaban J connectivity index is 2.12. The Morgan fingerprint density at radius 1 is 1.20 bits per heavy atom. The third-order valence-electron chi connectivity index (χ3n) is 3.42. The molecule has 7 heteroatoms. The number of pyridine rings is 1. The Hall–Kier alpha value is -2.60. The molecule has 132 valence electrons. The molecule has 1 heterocycles. The van der Waals surface area contributed by atoms with Gasteiger partial charge in [0, 0.05) is 0 Å². The molecule has 0 radical (unpaired) electrons. The van der Waals surface area contributed by atoms with Crippen LogP contribution in [0.1, 0.15) is 53.2 Å². The number of halogens is 1. The van der Waals surface area contributed by atoms with Crippen molar-refractivity contribution in [1.82, 2.24) is 10.3 Å². The number of amides is 2. The summed E-state index contributed by atoms with van der Waals surface area (Å²) in [4.78, 5) is 27.4. The Morgan fingerprint density at radius 3 is 2.52 bits per heavy atom. The van der Waals surface area contributed by atoms with Crippen molar-refractivity contribution in [1.29, 1.82) is 0 Å². The summed E-state index contributed by atoms with van der Waals surface area (Å²) in [7, 11) is 0. The first kappa shape index (κ1) is 18.7. The van der Waals surface area contributed by atoms with E-state index in [9.17, 15) is 9.59 Å². The van der Waals surface area contributed by atoms with Crippen LogP contribution in [-0.4, -0.2) is 22.9 Å². The molecule has 1 aromatic heterocycles. The molecule has 0 aliphatic heterocycles. The number of nitrogens with one attached hydrogen (secondary N) is 1. The molecular weight excluding hydrogens is 342 g/mol. The van der Waals surface area contributed by atoms with Gasteiger partial charge in [0.25, 0.3) is 11.8 Å². The Bertz CT molecular complexity index is 793. The van der Waals surface area contributed by atoms with Crippen molar-refractivity contribution in [3.05, 3.63) is 58.4 Å². The molecule has 0 spiro atoms. The molecule has 0 bridgehead atoms. The fraction of sp³-hybridized carbons (Fsp3) is 0.278. The van der Waals surface area contributed by atoms with Crippen LogP contribution in [0.25, 0.3) is 0 Å². The maximum absolute atomic E-state index is 12.3. The van der Waals surface area contributed by atoms with Crippen LogP contribution in [0.2, 0.25) is 5.15 Å². The van der Waals surface area contributed by atoms with Gasteiger partial charge in [0.2, 0.25) is 0 Å². The van der Waals surface area contributed by atoms with Gasteiger partial charge in [-0.25, -0.2) is 4.98 Å². The lowest BCUT2D eigenvalue weighted by Crippen LogP contribution is -2.27. The molecule has 0 saturated heterocycles. The molecule has 0 aliphatic carbocycles. The molecule has 3 N–H and O–H groups in total. The number of aromatic nitrogens is 1. The highest BCUT2D eigenvalue weighted by Gasteiger charge is 2.16. The van der Waals surface area contributed by atoms with Crippen molar-refractivity contribution in [2.24, 2.45) is 5.73 Å². The Morgan fingerprint density at radius 2 is 1.92 bits per heavy atom. The Labute approximate surface area is 151 Å². The largest absolute Gasteiger partial charge is 0.491 e. The minimum absolute atomic E-state index is 0.0651. The van der Waals surface area contributed by atoms with E-state index in [1.54, 1.807) is 0 Å². The summed E-state index contributed by atoms with van der Waals surface area (Å²) < 4.78 is 5.66. The average molecular weight is 362 g/mol. The second-order valence-electron chi connectivity index (χ2n) is 5.83. The van der Waals surface area contributed by atoms with E-state index in [0.29, 0.717) is 0 Å². The predicted octanol–water partition coefficient (Wildman–Crippen LogP) is 3.11. The van der Waals surface area contributed by atoms with Crippen molar-refractivity contribution in [2.75, 3.05) is 0 Å². The van der Waals surface area contributed by atoms with Gasteiger partial charge >= 0.3 is 0 Å². The van der Waals surface area contributed by atoms with Gasteiger partial charge in [0.15, 0.2) is 0 Å². The van der Waals surface area contributed by atoms with E-state index in [4.69, 9.17) is 22.1 Å². The van der Waals surface area contributed by atoms with Gasteiger partial charge < -0.3 is 15.8 Å². The topological polar surface area (TPSA) is 94.3 Å². The van der Waals surface area contributed by atoms with Crippen LogP contribution in [0.5, 0.6) is 5.75 Å². The number of primary amides is 1. The van der Waals surface area contributed by atoms with E-state index in [0.717, 1.165) is 11.3 Å². The van der Waals surface area contributed by atoms with Gasteiger partial charge in [0.05, 0.1) is 17.7 Å². The number of benzene rings is 1. The molecule has 25 heavy (non-hydrogen) atoms. The van der Waals surface area contributed by atoms with E-state index in [2.05, 4.69) is 10.3 Å². The van der Waals surface area contributed by atoms with Crippen LogP contribution in [0.3, 0.4) is 0 Å². The highest BCUT2D eigenvalue weighted by Crippen LogP contribution is 2.21. The second kappa shape index (κ2) is 7.98. The highest BCUT2D eigenvalue weighted by atomic mass is 35.5. The summed E-state index contributed by atoms with van der Waals surface area (Å²) in [5.41, 5.74) is 6.25. The summed E-state index contributed by atoms with van der Waals surface area (Å²) in [6.45, 7) is 5.75. The van der Waals surface area contributed by atoms with Gasteiger partial charge in [-0.15, -0.1) is 0 Å². The van der Waals surface area contributed by atoms with Crippen molar-refractivity contribution in [3.63, 3.8) is 0 Å². The minimum Gasteiger partial charge on any atom is -0.491 e. The monoisotopic (exact) mass is 361 g/mol. The molecule has 1 atom stereocenters. The molecular formula is C18H20ClN3O3. The normalized spacial score (nSPS) is 11.9. The SMILES string of the molecule is CC(C)Oc1cccc([C@@H](C)NC(=O)c2ccc(C(N)=O)c(Cl)n2)c1. The number of rotatable bonds is 6.